The third-order valence-corrected chi connectivity index (χ3v) is 3.78. The molecular weight excluding hydrogens is 292 g/mol. The third-order valence-electron chi connectivity index (χ3n) is 3.29. The number of aliphatic hydroxyl groups excluding tert-OH is 1. The minimum Gasteiger partial charge on any atom is -0.391 e. The molecule has 2 N–H and O–H groups in total. The number of hydrogen-bond acceptors (Lipinski definition) is 3. The van der Waals surface area contributed by atoms with Gasteiger partial charge in [-0.3, -0.25) is 0 Å². The molecule has 1 aliphatic heterocycles. The lowest BCUT2D eigenvalue weighted by molar-refractivity contribution is 0.198. The van der Waals surface area contributed by atoms with Crippen LogP contribution in [0.15, 0.2) is 22.7 Å². The summed E-state index contributed by atoms with van der Waals surface area (Å²) in [6.45, 7) is 5.79. The Morgan fingerprint density at radius 2 is 2.33 bits per heavy atom. The molecule has 1 aromatic carbocycles. The van der Waals surface area contributed by atoms with Gasteiger partial charge >= 0.3 is 0 Å². The predicted molar refractivity (Wildman–Crippen MR) is 79.0 cm³/mol. The summed E-state index contributed by atoms with van der Waals surface area (Å²) in [4.78, 5) is 2.28. The molecule has 0 aliphatic carbocycles. The summed E-state index contributed by atoms with van der Waals surface area (Å²) < 4.78 is 1.11. The Morgan fingerprint density at radius 1 is 1.50 bits per heavy atom. The number of benzene rings is 1. The van der Waals surface area contributed by atoms with Gasteiger partial charge < -0.3 is 15.3 Å². The van der Waals surface area contributed by atoms with Crippen LogP contribution in [0, 0.1) is 0 Å². The van der Waals surface area contributed by atoms with Crippen LogP contribution in [-0.2, 0) is 6.54 Å². The van der Waals surface area contributed by atoms with Gasteiger partial charge in [-0.1, -0.05) is 22.9 Å². The molecule has 100 valence electrons. The Balaban J connectivity index is 2.12. The Morgan fingerprint density at radius 3 is 3.00 bits per heavy atom. The molecule has 3 nitrogen and oxygen atoms in total. The summed E-state index contributed by atoms with van der Waals surface area (Å²) in [6.07, 6.45) is 1.84. The van der Waals surface area contributed by atoms with Crippen LogP contribution in [0.5, 0.6) is 0 Å². The standard InChI is InChI=1S/C14H21BrN2O/c1-2-6-16-9-11-8-12(15)3-4-14(11)17-7-5-13(18)10-17/h3-4,8,13,16,18H,2,5-7,9-10H2,1H3. The Hall–Kier alpha value is -0.580. The van der Waals surface area contributed by atoms with E-state index in [4.69, 9.17) is 0 Å². The van der Waals surface area contributed by atoms with Crippen LogP contribution in [0.1, 0.15) is 25.3 Å². The van der Waals surface area contributed by atoms with E-state index < -0.39 is 0 Å². The third kappa shape index (κ3) is 3.46. The zero-order valence-corrected chi connectivity index (χ0v) is 12.4. The van der Waals surface area contributed by atoms with E-state index in [0.717, 1.165) is 43.5 Å². The molecule has 1 aromatic rings. The number of hydrogen-bond donors (Lipinski definition) is 2. The molecule has 0 amide bonds. The maximum absolute atomic E-state index is 9.65. The second-order valence-corrected chi connectivity index (χ2v) is 5.75. The fourth-order valence-electron chi connectivity index (χ4n) is 2.36. The van der Waals surface area contributed by atoms with Crippen molar-refractivity contribution in [1.82, 2.24) is 5.32 Å². The predicted octanol–water partition coefficient (Wildman–Crippen LogP) is 2.52. The highest BCUT2D eigenvalue weighted by Crippen LogP contribution is 2.27. The summed E-state index contributed by atoms with van der Waals surface area (Å²) in [7, 11) is 0. The monoisotopic (exact) mass is 312 g/mol. The van der Waals surface area contributed by atoms with E-state index in [1.54, 1.807) is 0 Å². The van der Waals surface area contributed by atoms with Gasteiger partial charge in [0.15, 0.2) is 0 Å². The Kier molecular flexibility index (Phi) is 5.03. The quantitative estimate of drug-likeness (QED) is 0.820. The fraction of sp³-hybridized carbons (Fsp3) is 0.571. The van der Waals surface area contributed by atoms with Crippen molar-refractivity contribution in [2.45, 2.75) is 32.4 Å². The average Bonchev–Trinajstić information content (AvgIpc) is 2.76. The van der Waals surface area contributed by atoms with E-state index in [9.17, 15) is 5.11 Å². The summed E-state index contributed by atoms with van der Waals surface area (Å²) in [6, 6.07) is 6.39. The number of halogens is 1. The van der Waals surface area contributed by atoms with Crippen LogP contribution in [0.2, 0.25) is 0 Å². The largest absolute Gasteiger partial charge is 0.391 e. The first kappa shape index (κ1) is 13.8. The molecular formula is C14H21BrN2O. The average molecular weight is 313 g/mol. The highest BCUT2D eigenvalue weighted by Gasteiger charge is 2.22. The molecule has 1 saturated heterocycles. The Labute approximate surface area is 117 Å². The van der Waals surface area contributed by atoms with Crippen molar-refractivity contribution in [3.05, 3.63) is 28.2 Å². The van der Waals surface area contributed by atoms with Crippen LogP contribution in [0.4, 0.5) is 5.69 Å². The van der Waals surface area contributed by atoms with E-state index in [0.29, 0.717) is 0 Å². The molecule has 0 spiro atoms. The fourth-order valence-corrected chi connectivity index (χ4v) is 2.77. The van der Waals surface area contributed by atoms with Crippen molar-refractivity contribution >= 4 is 21.6 Å². The van der Waals surface area contributed by atoms with Crippen LogP contribution in [0.25, 0.3) is 0 Å². The lowest BCUT2D eigenvalue weighted by Crippen LogP contribution is -2.24. The van der Waals surface area contributed by atoms with Crippen LogP contribution >= 0.6 is 15.9 Å². The van der Waals surface area contributed by atoms with Crippen LogP contribution in [-0.4, -0.2) is 30.8 Å². The second-order valence-electron chi connectivity index (χ2n) is 4.84. The number of anilines is 1. The minimum absolute atomic E-state index is 0.176. The smallest absolute Gasteiger partial charge is 0.0731 e. The number of β-amino-alcohol motifs (C(OH)–C–C–N with tert-alkyl or cyclic N) is 1. The summed E-state index contributed by atoms with van der Waals surface area (Å²) >= 11 is 3.53. The van der Waals surface area contributed by atoms with Crippen LogP contribution in [0.3, 0.4) is 0 Å². The molecule has 0 aromatic heterocycles. The van der Waals surface area contributed by atoms with Crippen molar-refractivity contribution in [2.24, 2.45) is 0 Å². The van der Waals surface area contributed by atoms with Gasteiger partial charge in [0.1, 0.15) is 0 Å². The van der Waals surface area contributed by atoms with Crippen molar-refractivity contribution < 1.29 is 5.11 Å². The Bertz CT molecular complexity index is 397. The summed E-state index contributed by atoms with van der Waals surface area (Å²) in [5.74, 6) is 0. The van der Waals surface area contributed by atoms with E-state index in [-0.39, 0.29) is 6.10 Å². The maximum Gasteiger partial charge on any atom is 0.0731 e. The number of nitrogens with zero attached hydrogens (tertiary/aromatic N) is 1. The zero-order chi connectivity index (χ0) is 13.0. The van der Waals surface area contributed by atoms with Gasteiger partial charge in [-0.05, 0) is 43.1 Å². The molecule has 0 bridgehead atoms. The van der Waals surface area contributed by atoms with Gasteiger partial charge in [0.25, 0.3) is 0 Å². The van der Waals surface area contributed by atoms with Crippen LogP contribution < -0.4 is 10.2 Å². The van der Waals surface area contributed by atoms with Gasteiger partial charge in [-0.25, -0.2) is 0 Å². The van der Waals surface area contributed by atoms with Gasteiger partial charge in [-0.2, -0.15) is 0 Å². The first-order chi connectivity index (χ1) is 8.70. The van der Waals surface area contributed by atoms with Gasteiger partial charge in [0, 0.05) is 29.8 Å². The van der Waals surface area contributed by atoms with Crippen molar-refractivity contribution in [1.29, 1.82) is 0 Å². The number of nitrogens with one attached hydrogen (secondary N) is 1. The molecule has 1 unspecified atom stereocenters. The molecule has 1 atom stereocenters. The minimum atomic E-state index is -0.176. The lowest BCUT2D eigenvalue weighted by atomic mass is 10.1. The van der Waals surface area contributed by atoms with Crippen molar-refractivity contribution in [3.8, 4) is 0 Å². The SMILES string of the molecule is CCCNCc1cc(Br)ccc1N1CCC(O)C1. The van der Waals surface area contributed by atoms with E-state index in [2.05, 4.69) is 51.3 Å². The second kappa shape index (κ2) is 6.55. The first-order valence-electron chi connectivity index (χ1n) is 6.63. The molecule has 1 fully saturated rings. The maximum atomic E-state index is 9.65. The molecule has 0 saturated carbocycles. The topological polar surface area (TPSA) is 35.5 Å². The summed E-state index contributed by atoms with van der Waals surface area (Å²) in [5, 5.41) is 13.1. The van der Waals surface area contributed by atoms with Gasteiger partial charge in [0.2, 0.25) is 0 Å². The highest BCUT2D eigenvalue weighted by atomic mass is 79.9. The molecule has 1 heterocycles. The molecule has 2 rings (SSSR count). The molecule has 0 radical (unpaired) electrons. The number of rotatable bonds is 5. The highest BCUT2D eigenvalue weighted by molar-refractivity contribution is 9.10. The van der Waals surface area contributed by atoms with E-state index in [1.807, 2.05) is 0 Å². The van der Waals surface area contributed by atoms with E-state index in [1.165, 1.54) is 11.3 Å². The summed E-state index contributed by atoms with van der Waals surface area (Å²) in [5.41, 5.74) is 2.55. The van der Waals surface area contributed by atoms with Crippen molar-refractivity contribution in [2.75, 3.05) is 24.5 Å². The van der Waals surface area contributed by atoms with E-state index >= 15 is 0 Å². The lowest BCUT2D eigenvalue weighted by Gasteiger charge is -2.22. The molecule has 1 aliphatic rings. The van der Waals surface area contributed by atoms with Crippen molar-refractivity contribution in [3.63, 3.8) is 0 Å². The number of aliphatic hydroxyl groups is 1. The van der Waals surface area contributed by atoms with Gasteiger partial charge in [0.05, 0.1) is 6.10 Å². The van der Waals surface area contributed by atoms with Gasteiger partial charge in [-0.15, -0.1) is 0 Å². The zero-order valence-electron chi connectivity index (χ0n) is 10.8. The normalized spacial score (nSPS) is 19.5. The molecule has 4 heteroatoms. The molecule has 18 heavy (non-hydrogen) atoms. The first-order valence-corrected chi connectivity index (χ1v) is 7.42.